The summed E-state index contributed by atoms with van der Waals surface area (Å²) in [6.45, 7) is 5.34. The molecule has 0 bridgehead atoms. The summed E-state index contributed by atoms with van der Waals surface area (Å²) < 4.78 is 4.11. The van der Waals surface area contributed by atoms with Crippen LogP contribution in [-0.2, 0) is 13.1 Å². The molecule has 1 aliphatic heterocycles. The Kier molecular flexibility index (Phi) is 6.06. The van der Waals surface area contributed by atoms with Crippen LogP contribution >= 0.6 is 22.9 Å². The van der Waals surface area contributed by atoms with Crippen molar-refractivity contribution in [1.29, 1.82) is 0 Å². The van der Waals surface area contributed by atoms with Gasteiger partial charge in [0.05, 0.1) is 16.9 Å². The Morgan fingerprint density at radius 3 is 2.76 bits per heavy atom. The average molecular weight is 485 g/mol. The Labute approximate surface area is 207 Å². The number of hydrogen-bond acceptors (Lipinski definition) is 5. The van der Waals surface area contributed by atoms with Gasteiger partial charge in [0, 0.05) is 35.3 Å². The zero-order valence-corrected chi connectivity index (χ0v) is 20.4. The third-order valence-electron chi connectivity index (χ3n) is 5.63. The second-order valence-corrected chi connectivity index (χ2v) is 9.40. The van der Waals surface area contributed by atoms with Crippen LogP contribution in [0, 0.1) is 38.0 Å². The van der Waals surface area contributed by atoms with E-state index in [1.165, 1.54) is 0 Å². The van der Waals surface area contributed by atoms with E-state index in [1.807, 2.05) is 42.0 Å². The molecule has 5 rings (SSSR count). The largest absolute Gasteiger partial charge is 0.336 e. The molecule has 4 aromatic rings. The first-order valence-corrected chi connectivity index (χ1v) is 12.1. The molecular weight excluding hydrogens is 464 g/mol. The van der Waals surface area contributed by atoms with Crippen molar-refractivity contribution in [2.24, 2.45) is 4.99 Å². The molecule has 1 aliphatic rings. The Morgan fingerprint density at radius 2 is 1.97 bits per heavy atom. The monoisotopic (exact) mass is 484 g/mol. The topological polar surface area (TPSA) is 60.9 Å². The molecule has 0 amide bonds. The van der Waals surface area contributed by atoms with Crippen molar-refractivity contribution in [3.8, 4) is 29.2 Å². The Bertz CT molecular complexity index is 1500. The molecule has 168 valence electrons. The van der Waals surface area contributed by atoms with Gasteiger partial charge in [0.1, 0.15) is 23.1 Å². The van der Waals surface area contributed by atoms with Gasteiger partial charge in [0.15, 0.2) is 5.82 Å². The van der Waals surface area contributed by atoms with E-state index in [4.69, 9.17) is 23.0 Å². The molecule has 0 atom stereocenters. The number of halogens is 1. The lowest BCUT2D eigenvalue weighted by Crippen LogP contribution is -2.07. The van der Waals surface area contributed by atoms with Crippen molar-refractivity contribution < 1.29 is 0 Å². The molecule has 0 radical (unpaired) electrons. The van der Waals surface area contributed by atoms with Crippen LogP contribution in [0.4, 0.5) is 0 Å². The van der Waals surface area contributed by atoms with Gasteiger partial charge in [-0.1, -0.05) is 23.7 Å². The van der Waals surface area contributed by atoms with Crippen molar-refractivity contribution in [3.05, 3.63) is 80.7 Å². The molecule has 3 aromatic heterocycles. The van der Waals surface area contributed by atoms with Crippen LogP contribution in [-0.4, -0.2) is 30.0 Å². The quantitative estimate of drug-likeness (QED) is 0.304. The Morgan fingerprint density at radius 1 is 1.15 bits per heavy atom. The van der Waals surface area contributed by atoms with Crippen molar-refractivity contribution in [2.75, 3.05) is 0 Å². The lowest BCUT2D eigenvalue weighted by Gasteiger charge is -2.09. The Balaban J connectivity index is 1.57. The molecule has 4 heterocycles. The lowest BCUT2D eigenvalue weighted by atomic mass is 10.00. The molecule has 0 fully saturated rings. The number of unbranched alkanes of at least 4 members (excludes halogenated alkanes) is 1. The number of fused-ring (bicyclic) bond motifs is 3. The molecule has 34 heavy (non-hydrogen) atoms. The minimum absolute atomic E-state index is 0.456. The van der Waals surface area contributed by atoms with Gasteiger partial charge in [-0.05, 0) is 49.8 Å². The van der Waals surface area contributed by atoms with E-state index in [-0.39, 0.29) is 0 Å². The first-order valence-electron chi connectivity index (χ1n) is 10.9. The smallest absolute Gasteiger partial charge is 0.160 e. The van der Waals surface area contributed by atoms with Crippen LogP contribution in [0.15, 0.2) is 41.8 Å². The highest BCUT2D eigenvalue weighted by molar-refractivity contribution is 7.15. The van der Waals surface area contributed by atoms with E-state index in [2.05, 4.69) is 44.4 Å². The molecule has 6 nitrogen and oxygen atoms in total. The summed E-state index contributed by atoms with van der Waals surface area (Å²) in [5.74, 6) is 10.9. The van der Waals surface area contributed by atoms with E-state index >= 15 is 0 Å². The fraction of sp³-hybridized carbons (Fsp3) is 0.231. The second kappa shape index (κ2) is 9.30. The Hall–Kier alpha value is -3.65. The van der Waals surface area contributed by atoms with E-state index in [0.29, 0.717) is 11.6 Å². The summed E-state index contributed by atoms with van der Waals surface area (Å²) in [4.78, 5) is 10.3. The van der Waals surface area contributed by atoms with Crippen molar-refractivity contribution in [1.82, 2.24) is 24.3 Å². The molecule has 0 spiro atoms. The second-order valence-electron chi connectivity index (χ2n) is 7.96. The minimum atomic E-state index is 0.456. The van der Waals surface area contributed by atoms with Gasteiger partial charge < -0.3 is 4.57 Å². The number of thiophene rings is 1. The SMILES string of the molecule is C#CCCCn1cnc(C#Cc2sc3c(c2C)C(c2ccc(Cl)cc2)=NCc2nnc(C)n2-3)c1. The maximum atomic E-state index is 6.14. The summed E-state index contributed by atoms with van der Waals surface area (Å²) in [6, 6.07) is 7.77. The van der Waals surface area contributed by atoms with Gasteiger partial charge in [-0.15, -0.1) is 33.9 Å². The lowest BCUT2D eigenvalue weighted by molar-refractivity contribution is 0.655. The number of hydrogen-bond donors (Lipinski definition) is 0. The summed E-state index contributed by atoms with van der Waals surface area (Å²) in [7, 11) is 0. The van der Waals surface area contributed by atoms with Crippen LogP contribution in [0.1, 0.15) is 51.8 Å². The van der Waals surface area contributed by atoms with E-state index in [0.717, 1.165) is 69.0 Å². The molecule has 0 saturated carbocycles. The number of terminal acetylenes is 1. The third-order valence-corrected chi connectivity index (χ3v) is 7.08. The third kappa shape index (κ3) is 4.17. The normalized spacial score (nSPS) is 12.1. The summed E-state index contributed by atoms with van der Waals surface area (Å²) in [6.07, 6.45) is 10.8. The number of aryl methyl sites for hydroxylation is 2. The van der Waals surface area contributed by atoms with Gasteiger partial charge >= 0.3 is 0 Å². The fourth-order valence-electron chi connectivity index (χ4n) is 3.93. The van der Waals surface area contributed by atoms with Gasteiger partial charge in [0.25, 0.3) is 0 Å². The zero-order chi connectivity index (χ0) is 23.7. The summed E-state index contributed by atoms with van der Waals surface area (Å²) in [5.41, 5.74) is 4.79. The van der Waals surface area contributed by atoms with Crippen molar-refractivity contribution in [3.63, 3.8) is 0 Å². The minimum Gasteiger partial charge on any atom is -0.336 e. The van der Waals surface area contributed by atoms with Gasteiger partial charge in [-0.25, -0.2) is 4.98 Å². The van der Waals surface area contributed by atoms with Gasteiger partial charge in [-0.2, -0.15) is 0 Å². The van der Waals surface area contributed by atoms with Crippen molar-refractivity contribution in [2.45, 2.75) is 39.8 Å². The molecule has 8 heteroatoms. The van der Waals surface area contributed by atoms with Crippen LogP contribution in [0.2, 0.25) is 5.02 Å². The first-order chi connectivity index (χ1) is 16.5. The summed E-state index contributed by atoms with van der Waals surface area (Å²) >= 11 is 7.76. The maximum Gasteiger partial charge on any atom is 0.160 e. The molecule has 0 saturated heterocycles. The van der Waals surface area contributed by atoms with Crippen molar-refractivity contribution >= 4 is 28.6 Å². The zero-order valence-electron chi connectivity index (χ0n) is 18.8. The van der Waals surface area contributed by atoms with Crippen LogP contribution < -0.4 is 0 Å². The number of benzene rings is 1. The average Bonchev–Trinajstić information content (AvgIpc) is 3.49. The number of rotatable bonds is 4. The maximum absolute atomic E-state index is 6.14. The van der Waals surface area contributed by atoms with Crippen LogP contribution in [0.3, 0.4) is 0 Å². The molecule has 0 unspecified atom stereocenters. The predicted octanol–water partition coefficient (Wildman–Crippen LogP) is 4.96. The molecule has 1 aromatic carbocycles. The summed E-state index contributed by atoms with van der Waals surface area (Å²) in [5, 5.41) is 10.4. The molecule has 0 N–H and O–H groups in total. The number of nitrogens with zero attached hydrogens (tertiary/aromatic N) is 6. The number of aromatic nitrogens is 5. The number of imidazole rings is 1. The molecule has 0 aliphatic carbocycles. The van der Waals surface area contributed by atoms with Crippen LogP contribution in [0.25, 0.3) is 5.00 Å². The number of aliphatic imine (C=N–C) groups is 1. The highest BCUT2D eigenvalue weighted by Crippen LogP contribution is 2.36. The first kappa shape index (κ1) is 22.2. The van der Waals surface area contributed by atoms with Gasteiger partial charge in [-0.3, -0.25) is 9.56 Å². The molecular formula is C26H21ClN6S. The van der Waals surface area contributed by atoms with Crippen LogP contribution in [0.5, 0.6) is 0 Å². The van der Waals surface area contributed by atoms with E-state index < -0.39 is 0 Å². The van der Waals surface area contributed by atoms with E-state index in [1.54, 1.807) is 17.7 Å². The fourth-order valence-corrected chi connectivity index (χ4v) is 5.29. The standard InChI is InChI=1S/C26H21ClN6S/c1-4-5-6-13-32-15-21(29-16-32)11-12-22-17(2)24-25(19-7-9-20(27)10-8-19)28-14-23-31-30-18(3)33(23)26(24)34-22/h1,7-10,15-16H,5-6,13-14H2,2-3H3. The van der Waals surface area contributed by atoms with E-state index in [9.17, 15) is 0 Å². The van der Waals surface area contributed by atoms with Gasteiger partial charge in [0.2, 0.25) is 0 Å². The predicted molar refractivity (Wildman–Crippen MR) is 136 cm³/mol. The highest BCUT2D eigenvalue weighted by atomic mass is 35.5. The highest BCUT2D eigenvalue weighted by Gasteiger charge is 2.27.